The van der Waals surface area contributed by atoms with Crippen LogP contribution in [0.15, 0.2) is 30.3 Å². The Bertz CT molecular complexity index is 353. The van der Waals surface area contributed by atoms with Crippen LogP contribution in [0.25, 0.3) is 0 Å². The van der Waals surface area contributed by atoms with Gasteiger partial charge in [0.05, 0.1) is 12.2 Å². The maximum Gasteiger partial charge on any atom is 0.0828 e. The fourth-order valence-corrected chi connectivity index (χ4v) is 3.62. The third-order valence-corrected chi connectivity index (χ3v) is 4.64. The van der Waals surface area contributed by atoms with Crippen LogP contribution in [0.3, 0.4) is 0 Å². The highest BCUT2D eigenvalue weighted by Gasteiger charge is 2.30. The molecule has 3 rings (SSSR count). The minimum atomic E-state index is 0.354. The van der Waals surface area contributed by atoms with Crippen LogP contribution in [-0.4, -0.2) is 6.10 Å². The van der Waals surface area contributed by atoms with Crippen molar-refractivity contribution in [2.24, 2.45) is 5.92 Å². The van der Waals surface area contributed by atoms with Crippen LogP contribution in [0.1, 0.15) is 63.0 Å². The van der Waals surface area contributed by atoms with Gasteiger partial charge in [0.25, 0.3) is 0 Å². The van der Waals surface area contributed by atoms with E-state index in [1.807, 2.05) is 0 Å². The van der Waals surface area contributed by atoms with Gasteiger partial charge in [-0.1, -0.05) is 49.6 Å². The SMILES string of the molecule is c1ccc([C@@H]2CCC[C@H](C3CCCCC3)O2)cc1. The third-order valence-electron chi connectivity index (χ3n) is 4.64. The maximum absolute atomic E-state index is 6.41. The molecule has 2 atom stereocenters. The van der Waals surface area contributed by atoms with Crippen LogP contribution in [-0.2, 0) is 4.74 Å². The first-order chi connectivity index (χ1) is 8.93. The van der Waals surface area contributed by atoms with E-state index in [1.54, 1.807) is 0 Å². The van der Waals surface area contributed by atoms with Crippen molar-refractivity contribution < 1.29 is 4.74 Å². The molecule has 1 saturated heterocycles. The highest BCUT2D eigenvalue weighted by atomic mass is 16.5. The van der Waals surface area contributed by atoms with Crippen LogP contribution >= 0.6 is 0 Å². The molecule has 1 aliphatic carbocycles. The smallest absolute Gasteiger partial charge is 0.0828 e. The van der Waals surface area contributed by atoms with E-state index in [4.69, 9.17) is 4.74 Å². The summed E-state index contributed by atoms with van der Waals surface area (Å²) in [5, 5.41) is 0. The molecule has 98 valence electrons. The predicted octanol–water partition coefficient (Wildman–Crippen LogP) is 4.88. The Balaban J connectivity index is 1.64. The Labute approximate surface area is 111 Å². The third kappa shape index (κ3) is 2.77. The summed E-state index contributed by atoms with van der Waals surface area (Å²) >= 11 is 0. The summed E-state index contributed by atoms with van der Waals surface area (Å²) in [5.41, 5.74) is 1.37. The second kappa shape index (κ2) is 5.88. The molecule has 1 aromatic carbocycles. The number of rotatable bonds is 2. The van der Waals surface area contributed by atoms with Crippen LogP contribution in [0.5, 0.6) is 0 Å². The van der Waals surface area contributed by atoms with E-state index in [2.05, 4.69) is 30.3 Å². The molecular weight excluding hydrogens is 220 g/mol. The van der Waals surface area contributed by atoms with Crippen molar-refractivity contribution in [3.8, 4) is 0 Å². The van der Waals surface area contributed by atoms with Crippen molar-refractivity contribution in [1.29, 1.82) is 0 Å². The van der Waals surface area contributed by atoms with Gasteiger partial charge < -0.3 is 4.74 Å². The van der Waals surface area contributed by atoms with E-state index in [0.717, 1.165) is 5.92 Å². The molecule has 1 aliphatic heterocycles. The molecule has 1 nitrogen and oxygen atoms in total. The number of ether oxygens (including phenoxy) is 1. The lowest BCUT2D eigenvalue weighted by atomic mass is 9.82. The van der Waals surface area contributed by atoms with E-state index < -0.39 is 0 Å². The van der Waals surface area contributed by atoms with Gasteiger partial charge in [0.15, 0.2) is 0 Å². The Morgan fingerprint density at radius 1 is 0.778 bits per heavy atom. The Morgan fingerprint density at radius 3 is 2.33 bits per heavy atom. The maximum atomic E-state index is 6.41. The number of hydrogen-bond donors (Lipinski definition) is 0. The quantitative estimate of drug-likeness (QED) is 0.720. The van der Waals surface area contributed by atoms with E-state index >= 15 is 0 Å². The largest absolute Gasteiger partial charge is 0.370 e. The van der Waals surface area contributed by atoms with Gasteiger partial charge in [0.1, 0.15) is 0 Å². The van der Waals surface area contributed by atoms with Crippen molar-refractivity contribution in [2.45, 2.75) is 63.6 Å². The van der Waals surface area contributed by atoms with Gasteiger partial charge in [-0.25, -0.2) is 0 Å². The van der Waals surface area contributed by atoms with E-state index in [0.29, 0.717) is 12.2 Å². The molecule has 2 fully saturated rings. The van der Waals surface area contributed by atoms with Gasteiger partial charge in [0.2, 0.25) is 0 Å². The zero-order chi connectivity index (χ0) is 12.2. The molecule has 0 bridgehead atoms. The minimum absolute atomic E-state index is 0.354. The molecule has 0 radical (unpaired) electrons. The first kappa shape index (κ1) is 12.2. The van der Waals surface area contributed by atoms with Crippen LogP contribution in [0, 0.1) is 5.92 Å². The van der Waals surface area contributed by atoms with E-state index in [-0.39, 0.29) is 0 Å². The second-order valence-electron chi connectivity index (χ2n) is 5.90. The summed E-state index contributed by atoms with van der Waals surface area (Å²) in [6, 6.07) is 10.8. The van der Waals surface area contributed by atoms with Gasteiger partial charge in [-0.2, -0.15) is 0 Å². The zero-order valence-electron chi connectivity index (χ0n) is 11.2. The minimum Gasteiger partial charge on any atom is -0.370 e. The summed E-state index contributed by atoms with van der Waals surface area (Å²) in [7, 11) is 0. The summed E-state index contributed by atoms with van der Waals surface area (Å²) < 4.78 is 6.41. The number of benzene rings is 1. The topological polar surface area (TPSA) is 9.23 Å². The van der Waals surface area contributed by atoms with Crippen LogP contribution in [0.4, 0.5) is 0 Å². The normalized spacial score (nSPS) is 30.2. The van der Waals surface area contributed by atoms with Gasteiger partial charge >= 0.3 is 0 Å². The summed E-state index contributed by atoms with van der Waals surface area (Å²) in [4.78, 5) is 0. The van der Waals surface area contributed by atoms with Gasteiger partial charge in [-0.3, -0.25) is 0 Å². The van der Waals surface area contributed by atoms with Gasteiger partial charge in [-0.15, -0.1) is 0 Å². The molecule has 0 amide bonds. The second-order valence-corrected chi connectivity index (χ2v) is 5.90. The lowest BCUT2D eigenvalue weighted by Crippen LogP contribution is -2.31. The zero-order valence-corrected chi connectivity index (χ0v) is 11.2. The lowest BCUT2D eigenvalue weighted by Gasteiger charge is -2.37. The molecule has 1 saturated carbocycles. The highest BCUT2D eigenvalue weighted by Crippen LogP contribution is 2.38. The standard InChI is InChI=1S/C17H24O/c1-3-8-14(9-4-1)16-12-7-13-17(18-16)15-10-5-2-6-11-15/h1,3-4,8-9,15-17H,2,5-7,10-13H2/t16-,17+/m0/s1. The van der Waals surface area contributed by atoms with Gasteiger partial charge in [0, 0.05) is 0 Å². The van der Waals surface area contributed by atoms with Crippen LogP contribution < -0.4 is 0 Å². The molecule has 1 heteroatoms. The summed E-state index contributed by atoms with van der Waals surface area (Å²) in [6.07, 6.45) is 11.8. The molecule has 0 unspecified atom stereocenters. The molecule has 2 aliphatic rings. The molecule has 1 aromatic rings. The van der Waals surface area contributed by atoms with Gasteiger partial charge in [-0.05, 0) is 43.6 Å². The average Bonchev–Trinajstić information content (AvgIpc) is 2.49. The fourth-order valence-electron chi connectivity index (χ4n) is 3.62. The Morgan fingerprint density at radius 2 is 1.56 bits per heavy atom. The molecule has 1 heterocycles. The van der Waals surface area contributed by atoms with E-state index in [1.165, 1.54) is 56.9 Å². The number of hydrogen-bond acceptors (Lipinski definition) is 1. The monoisotopic (exact) mass is 244 g/mol. The first-order valence-corrected chi connectivity index (χ1v) is 7.64. The van der Waals surface area contributed by atoms with E-state index in [9.17, 15) is 0 Å². The molecule has 0 N–H and O–H groups in total. The van der Waals surface area contributed by atoms with Crippen molar-refractivity contribution in [1.82, 2.24) is 0 Å². The van der Waals surface area contributed by atoms with Crippen molar-refractivity contribution in [3.05, 3.63) is 35.9 Å². The van der Waals surface area contributed by atoms with Crippen LogP contribution in [0.2, 0.25) is 0 Å². The molecule has 18 heavy (non-hydrogen) atoms. The summed E-state index contributed by atoms with van der Waals surface area (Å²) in [6.45, 7) is 0. The highest BCUT2D eigenvalue weighted by molar-refractivity contribution is 5.18. The molecule has 0 aromatic heterocycles. The Hall–Kier alpha value is -0.820. The van der Waals surface area contributed by atoms with Crippen molar-refractivity contribution in [2.75, 3.05) is 0 Å². The predicted molar refractivity (Wildman–Crippen MR) is 74.5 cm³/mol. The average molecular weight is 244 g/mol. The molecular formula is C17H24O. The first-order valence-electron chi connectivity index (χ1n) is 7.64. The Kier molecular flexibility index (Phi) is 3.99. The lowest BCUT2D eigenvalue weighted by molar-refractivity contribution is -0.0858. The fraction of sp³-hybridized carbons (Fsp3) is 0.647. The van der Waals surface area contributed by atoms with Crippen molar-refractivity contribution >= 4 is 0 Å². The summed E-state index contributed by atoms with van der Waals surface area (Å²) in [5.74, 6) is 0.838. The molecule has 0 spiro atoms. The van der Waals surface area contributed by atoms with Crippen molar-refractivity contribution in [3.63, 3.8) is 0 Å².